The van der Waals surface area contributed by atoms with Crippen LogP contribution in [0.15, 0.2) is 54.6 Å². The molecular formula is C17H10F6N2. The number of aromatic nitrogens is 2. The summed E-state index contributed by atoms with van der Waals surface area (Å²) in [6.45, 7) is 0. The Morgan fingerprint density at radius 2 is 1.36 bits per heavy atom. The Balaban J connectivity index is 2.15. The number of rotatable bonds is 2. The van der Waals surface area contributed by atoms with E-state index in [4.69, 9.17) is 0 Å². The van der Waals surface area contributed by atoms with Gasteiger partial charge in [0.05, 0.1) is 22.6 Å². The summed E-state index contributed by atoms with van der Waals surface area (Å²) < 4.78 is 77.9. The molecule has 3 rings (SSSR count). The second-order valence-corrected chi connectivity index (χ2v) is 5.24. The monoisotopic (exact) mass is 356 g/mol. The first-order valence-electron chi connectivity index (χ1n) is 7.06. The van der Waals surface area contributed by atoms with Gasteiger partial charge in [0.2, 0.25) is 0 Å². The number of hydrogen-bond donors (Lipinski definition) is 1. The lowest BCUT2D eigenvalue weighted by atomic mass is 10.1. The molecule has 0 spiro atoms. The van der Waals surface area contributed by atoms with E-state index in [0.29, 0.717) is 11.3 Å². The van der Waals surface area contributed by atoms with Gasteiger partial charge < -0.3 is 4.98 Å². The Labute approximate surface area is 138 Å². The minimum Gasteiger partial charge on any atom is -0.349 e. The van der Waals surface area contributed by atoms with E-state index < -0.39 is 29.3 Å². The van der Waals surface area contributed by atoms with Crippen molar-refractivity contribution in [3.8, 4) is 22.6 Å². The summed E-state index contributed by atoms with van der Waals surface area (Å²) in [7, 11) is 0. The largest absolute Gasteiger partial charge is 0.431 e. The van der Waals surface area contributed by atoms with Crippen molar-refractivity contribution in [1.82, 2.24) is 9.97 Å². The van der Waals surface area contributed by atoms with Gasteiger partial charge in [-0.3, -0.25) is 0 Å². The molecule has 0 bridgehead atoms. The van der Waals surface area contributed by atoms with Crippen LogP contribution < -0.4 is 0 Å². The number of pyridine rings is 1. The van der Waals surface area contributed by atoms with Crippen LogP contribution in [0.25, 0.3) is 22.6 Å². The van der Waals surface area contributed by atoms with Gasteiger partial charge in [0.25, 0.3) is 0 Å². The Bertz CT molecular complexity index is 878. The van der Waals surface area contributed by atoms with Crippen molar-refractivity contribution >= 4 is 0 Å². The number of nitrogens with one attached hydrogen (secondary N) is 1. The van der Waals surface area contributed by atoms with Crippen molar-refractivity contribution in [2.75, 3.05) is 0 Å². The first-order valence-corrected chi connectivity index (χ1v) is 7.06. The maximum Gasteiger partial charge on any atom is 0.431 e. The molecule has 0 saturated heterocycles. The van der Waals surface area contributed by atoms with Crippen LogP contribution in [0.1, 0.15) is 11.3 Å². The molecule has 2 aromatic heterocycles. The van der Waals surface area contributed by atoms with E-state index in [1.54, 1.807) is 36.4 Å². The van der Waals surface area contributed by atoms with E-state index >= 15 is 0 Å². The highest BCUT2D eigenvalue weighted by Crippen LogP contribution is 2.41. The topological polar surface area (TPSA) is 28.7 Å². The van der Waals surface area contributed by atoms with Gasteiger partial charge in [0.1, 0.15) is 5.69 Å². The molecule has 1 aromatic carbocycles. The molecule has 0 aliphatic heterocycles. The maximum atomic E-state index is 13.1. The van der Waals surface area contributed by atoms with E-state index in [1.807, 2.05) is 4.98 Å². The van der Waals surface area contributed by atoms with Crippen LogP contribution in [0.2, 0.25) is 0 Å². The molecule has 1 N–H and O–H groups in total. The minimum atomic E-state index is -4.94. The summed E-state index contributed by atoms with van der Waals surface area (Å²) in [6.07, 6.45) is -9.87. The standard InChI is InChI=1S/C17H10F6N2/c18-16(19,20)11-9-14(17(21,22)23)25-15(11)13-8-4-7-12(24-13)10-5-2-1-3-6-10/h1-9,25H. The van der Waals surface area contributed by atoms with Crippen LogP contribution in [0, 0.1) is 0 Å². The average molecular weight is 356 g/mol. The van der Waals surface area contributed by atoms with Crippen LogP contribution in [0.5, 0.6) is 0 Å². The molecule has 2 nitrogen and oxygen atoms in total. The third-order valence-corrected chi connectivity index (χ3v) is 3.50. The Morgan fingerprint density at radius 1 is 0.720 bits per heavy atom. The van der Waals surface area contributed by atoms with Crippen molar-refractivity contribution in [2.24, 2.45) is 0 Å². The smallest absolute Gasteiger partial charge is 0.349 e. The quantitative estimate of drug-likeness (QED) is 0.579. The summed E-state index contributed by atoms with van der Waals surface area (Å²) in [5.41, 5.74) is -2.81. The van der Waals surface area contributed by atoms with Crippen molar-refractivity contribution in [3.05, 3.63) is 65.9 Å². The van der Waals surface area contributed by atoms with E-state index in [9.17, 15) is 26.3 Å². The van der Waals surface area contributed by atoms with Crippen LogP contribution in [0.3, 0.4) is 0 Å². The lowest BCUT2D eigenvalue weighted by Gasteiger charge is -2.09. The summed E-state index contributed by atoms with van der Waals surface area (Å²) in [4.78, 5) is 5.90. The molecule has 130 valence electrons. The number of halogens is 6. The number of hydrogen-bond acceptors (Lipinski definition) is 1. The van der Waals surface area contributed by atoms with Crippen molar-refractivity contribution in [2.45, 2.75) is 12.4 Å². The molecule has 0 radical (unpaired) electrons. The highest BCUT2D eigenvalue weighted by molar-refractivity contribution is 5.67. The van der Waals surface area contributed by atoms with E-state index in [-0.39, 0.29) is 11.8 Å². The minimum absolute atomic E-state index is 0.0617. The highest BCUT2D eigenvalue weighted by atomic mass is 19.4. The number of alkyl halides is 6. The first kappa shape index (κ1) is 17.1. The average Bonchev–Trinajstić information content (AvgIpc) is 3.02. The van der Waals surface area contributed by atoms with Crippen LogP contribution >= 0.6 is 0 Å². The second kappa shape index (κ2) is 5.94. The van der Waals surface area contributed by atoms with E-state index in [1.165, 1.54) is 12.1 Å². The molecule has 0 aliphatic carbocycles. The molecular weight excluding hydrogens is 346 g/mol. The zero-order valence-corrected chi connectivity index (χ0v) is 12.4. The molecule has 25 heavy (non-hydrogen) atoms. The van der Waals surface area contributed by atoms with E-state index in [0.717, 1.165) is 0 Å². The first-order chi connectivity index (χ1) is 11.7. The van der Waals surface area contributed by atoms with Crippen LogP contribution in [-0.2, 0) is 12.4 Å². The summed E-state index contributed by atoms with van der Waals surface area (Å²) in [5, 5.41) is 0. The Hall–Kier alpha value is -2.77. The summed E-state index contributed by atoms with van der Waals surface area (Å²) in [5.74, 6) is 0. The third-order valence-electron chi connectivity index (χ3n) is 3.50. The van der Waals surface area contributed by atoms with Gasteiger partial charge in [0.15, 0.2) is 0 Å². The number of aromatic amines is 1. The molecule has 3 aromatic rings. The lowest BCUT2D eigenvalue weighted by molar-refractivity contribution is -0.142. The predicted octanol–water partition coefficient (Wildman–Crippen LogP) is 5.78. The number of nitrogens with zero attached hydrogens (tertiary/aromatic N) is 1. The molecule has 8 heteroatoms. The SMILES string of the molecule is FC(F)(F)c1cc(C(F)(F)F)c(-c2cccc(-c3ccccc3)n2)[nH]1. The van der Waals surface area contributed by atoms with Gasteiger partial charge in [-0.1, -0.05) is 36.4 Å². The fourth-order valence-electron chi connectivity index (χ4n) is 2.38. The fraction of sp³-hybridized carbons (Fsp3) is 0.118. The fourth-order valence-corrected chi connectivity index (χ4v) is 2.38. The zero-order valence-electron chi connectivity index (χ0n) is 12.4. The van der Waals surface area contributed by atoms with Crippen LogP contribution in [-0.4, -0.2) is 9.97 Å². The van der Waals surface area contributed by atoms with Crippen molar-refractivity contribution in [1.29, 1.82) is 0 Å². The van der Waals surface area contributed by atoms with Crippen molar-refractivity contribution in [3.63, 3.8) is 0 Å². The van der Waals surface area contributed by atoms with Gasteiger partial charge in [-0.2, -0.15) is 26.3 Å². The second-order valence-electron chi connectivity index (χ2n) is 5.24. The zero-order chi connectivity index (χ0) is 18.2. The van der Waals surface area contributed by atoms with Gasteiger partial charge in [0, 0.05) is 5.56 Å². The van der Waals surface area contributed by atoms with Gasteiger partial charge in [-0.25, -0.2) is 4.98 Å². The molecule has 0 fully saturated rings. The summed E-state index contributed by atoms with van der Waals surface area (Å²) >= 11 is 0. The normalized spacial score (nSPS) is 12.4. The predicted molar refractivity (Wildman–Crippen MR) is 79.5 cm³/mol. The van der Waals surface area contributed by atoms with Gasteiger partial charge >= 0.3 is 12.4 Å². The van der Waals surface area contributed by atoms with Gasteiger partial charge in [-0.15, -0.1) is 0 Å². The van der Waals surface area contributed by atoms with Crippen molar-refractivity contribution < 1.29 is 26.3 Å². The Morgan fingerprint density at radius 3 is 1.96 bits per heavy atom. The molecule has 0 atom stereocenters. The molecule has 0 aliphatic rings. The number of benzene rings is 1. The third kappa shape index (κ3) is 3.52. The molecule has 0 amide bonds. The maximum absolute atomic E-state index is 13.1. The molecule has 0 unspecified atom stereocenters. The molecule has 2 heterocycles. The van der Waals surface area contributed by atoms with E-state index in [2.05, 4.69) is 4.98 Å². The highest BCUT2D eigenvalue weighted by Gasteiger charge is 2.41. The summed E-state index contributed by atoms with van der Waals surface area (Å²) in [6, 6.07) is 12.9. The Kier molecular flexibility index (Phi) is 4.06. The molecule has 0 saturated carbocycles. The van der Waals surface area contributed by atoms with Gasteiger partial charge in [-0.05, 0) is 18.2 Å². The van der Waals surface area contributed by atoms with Crippen LogP contribution in [0.4, 0.5) is 26.3 Å². The lowest BCUT2D eigenvalue weighted by Crippen LogP contribution is -2.06. The number of H-pyrrole nitrogens is 1.